The summed E-state index contributed by atoms with van der Waals surface area (Å²) in [4.78, 5) is 7.02. The van der Waals surface area contributed by atoms with Crippen molar-refractivity contribution in [2.45, 2.75) is 19.4 Å². The van der Waals surface area contributed by atoms with Gasteiger partial charge >= 0.3 is 0 Å². The molecule has 1 atom stereocenters. The van der Waals surface area contributed by atoms with Gasteiger partial charge in [0, 0.05) is 13.1 Å². The molecule has 0 radical (unpaired) electrons. The first kappa shape index (κ1) is 15.4. The number of fused-ring (bicyclic) bond motifs is 1. The summed E-state index contributed by atoms with van der Waals surface area (Å²) in [6, 6.07) is 14.8. The summed E-state index contributed by atoms with van der Waals surface area (Å²) in [5, 5.41) is 0. The van der Waals surface area contributed by atoms with Crippen molar-refractivity contribution in [1.82, 2.24) is 4.90 Å². The molecule has 0 saturated carbocycles. The maximum absolute atomic E-state index is 5.45. The van der Waals surface area contributed by atoms with E-state index in [0.29, 0.717) is 5.75 Å². The molecule has 0 bridgehead atoms. The molecule has 0 N–H and O–H groups in total. The van der Waals surface area contributed by atoms with Crippen LogP contribution in [0.2, 0.25) is 0 Å². The summed E-state index contributed by atoms with van der Waals surface area (Å²) in [5.41, 5.74) is 3.40. The van der Waals surface area contributed by atoms with Gasteiger partial charge in [0.1, 0.15) is 5.84 Å². The van der Waals surface area contributed by atoms with Gasteiger partial charge < -0.3 is 14.4 Å². The molecule has 23 heavy (non-hydrogen) atoms. The molecular weight excluding hydrogens is 288 g/mol. The van der Waals surface area contributed by atoms with Gasteiger partial charge in [-0.3, -0.25) is 0 Å². The normalized spacial score (nSPS) is 17.1. The highest BCUT2D eigenvalue weighted by Gasteiger charge is 2.24. The van der Waals surface area contributed by atoms with Crippen LogP contribution in [0, 0.1) is 0 Å². The molecule has 0 amide bonds. The Morgan fingerprint density at radius 2 is 1.70 bits per heavy atom. The van der Waals surface area contributed by atoms with E-state index in [9.17, 15) is 0 Å². The Kier molecular flexibility index (Phi) is 4.24. The molecule has 0 aromatic heterocycles. The Balaban J connectivity index is 2.09. The Hall–Kier alpha value is -2.49. The van der Waals surface area contributed by atoms with Crippen LogP contribution in [-0.2, 0) is 6.42 Å². The second kappa shape index (κ2) is 6.32. The van der Waals surface area contributed by atoms with E-state index < -0.39 is 0 Å². The lowest BCUT2D eigenvalue weighted by Gasteiger charge is -2.28. The van der Waals surface area contributed by atoms with Gasteiger partial charge in [0.15, 0.2) is 11.5 Å². The average molecular weight is 310 g/mol. The van der Waals surface area contributed by atoms with Crippen LogP contribution in [0.1, 0.15) is 24.1 Å². The Morgan fingerprint density at radius 1 is 1.04 bits per heavy atom. The first-order chi connectivity index (χ1) is 11.1. The zero-order valence-corrected chi connectivity index (χ0v) is 14.0. The zero-order chi connectivity index (χ0) is 16.4. The smallest absolute Gasteiger partial charge is 0.162 e. The number of hydrogen-bond donors (Lipinski definition) is 0. The summed E-state index contributed by atoms with van der Waals surface area (Å²) in [5.74, 6) is 2.45. The first-order valence-electron chi connectivity index (χ1n) is 7.72. The third-order valence-electron chi connectivity index (χ3n) is 4.44. The molecule has 4 nitrogen and oxygen atoms in total. The largest absolute Gasteiger partial charge is 0.493 e. The quantitative estimate of drug-likeness (QED) is 0.860. The molecule has 0 spiro atoms. The predicted molar refractivity (Wildman–Crippen MR) is 93.0 cm³/mol. The third kappa shape index (κ3) is 2.89. The van der Waals surface area contributed by atoms with Crippen LogP contribution in [0.4, 0.5) is 5.69 Å². The monoisotopic (exact) mass is 310 g/mol. The summed E-state index contributed by atoms with van der Waals surface area (Å²) in [6.45, 7) is 2.04. The number of hydrogen-bond acceptors (Lipinski definition) is 4. The highest BCUT2D eigenvalue weighted by atomic mass is 16.5. The zero-order valence-electron chi connectivity index (χ0n) is 14.0. The van der Waals surface area contributed by atoms with Crippen molar-refractivity contribution in [3.8, 4) is 11.5 Å². The van der Waals surface area contributed by atoms with E-state index >= 15 is 0 Å². The van der Waals surface area contributed by atoms with Gasteiger partial charge in [0.2, 0.25) is 0 Å². The minimum Gasteiger partial charge on any atom is -0.493 e. The molecule has 2 aromatic carbocycles. The summed E-state index contributed by atoms with van der Waals surface area (Å²) in [7, 11) is 5.41. The van der Waals surface area contributed by atoms with Crippen molar-refractivity contribution in [2.75, 3.05) is 21.3 Å². The number of ether oxygens (including phenoxy) is 2. The lowest BCUT2D eigenvalue weighted by atomic mass is 9.97. The number of benzene rings is 2. The van der Waals surface area contributed by atoms with E-state index in [0.717, 1.165) is 23.7 Å². The van der Waals surface area contributed by atoms with Crippen molar-refractivity contribution < 1.29 is 9.47 Å². The summed E-state index contributed by atoms with van der Waals surface area (Å²) < 4.78 is 10.9. The molecule has 2 aromatic rings. The molecule has 1 aliphatic heterocycles. The molecule has 0 saturated heterocycles. The highest BCUT2D eigenvalue weighted by Crippen LogP contribution is 2.39. The van der Waals surface area contributed by atoms with Crippen molar-refractivity contribution in [1.29, 1.82) is 0 Å². The van der Waals surface area contributed by atoms with Gasteiger partial charge in [-0.15, -0.1) is 0 Å². The van der Waals surface area contributed by atoms with Crippen molar-refractivity contribution in [3.63, 3.8) is 0 Å². The molecule has 1 unspecified atom stereocenters. The first-order valence-corrected chi connectivity index (χ1v) is 7.72. The summed E-state index contributed by atoms with van der Waals surface area (Å²) >= 11 is 0. The van der Waals surface area contributed by atoms with Gasteiger partial charge in [0.25, 0.3) is 0 Å². The molecule has 0 aliphatic carbocycles. The van der Waals surface area contributed by atoms with Crippen molar-refractivity contribution in [2.24, 2.45) is 4.99 Å². The van der Waals surface area contributed by atoms with E-state index in [1.54, 1.807) is 14.2 Å². The van der Waals surface area contributed by atoms with Crippen molar-refractivity contribution >= 4 is 11.5 Å². The van der Waals surface area contributed by atoms with E-state index in [4.69, 9.17) is 14.5 Å². The highest BCUT2D eigenvalue weighted by molar-refractivity contribution is 5.84. The maximum atomic E-state index is 5.45. The van der Waals surface area contributed by atoms with Gasteiger partial charge in [-0.05, 0) is 30.5 Å². The minimum atomic E-state index is 0.249. The van der Waals surface area contributed by atoms with Crippen LogP contribution in [0.15, 0.2) is 47.5 Å². The van der Waals surface area contributed by atoms with Crippen LogP contribution in [0.5, 0.6) is 11.5 Å². The minimum absolute atomic E-state index is 0.249. The van der Waals surface area contributed by atoms with E-state index in [-0.39, 0.29) is 6.04 Å². The van der Waals surface area contributed by atoms with Gasteiger partial charge in [-0.25, -0.2) is 4.99 Å². The van der Waals surface area contributed by atoms with Gasteiger partial charge in [-0.2, -0.15) is 0 Å². The molecule has 0 fully saturated rings. The van der Waals surface area contributed by atoms with Gasteiger partial charge in [-0.1, -0.05) is 30.3 Å². The number of amidine groups is 1. The summed E-state index contributed by atoms with van der Waals surface area (Å²) in [6.07, 6.45) is 0.872. The maximum Gasteiger partial charge on any atom is 0.162 e. The predicted octanol–water partition coefficient (Wildman–Crippen LogP) is 3.98. The average Bonchev–Trinajstić information content (AvgIpc) is 2.71. The molecule has 3 rings (SSSR count). The number of aliphatic imine (C=N–C) groups is 1. The van der Waals surface area contributed by atoms with Crippen LogP contribution < -0.4 is 9.47 Å². The third-order valence-corrected chi connectivity index (χ3v) is 4.44. The molecular formula is C19H22N2O2. The van der Waals surface area contributed by atoms with E-state index in [1.165, 1.54) is 11.1 Å². The molecule has 1 heterocycles. The standard InChI is InChI=1S/C19H22N2O2/c1-13-20-16-12-19(23-4)18(22-3)11-15(16)10-17(21(13)2)14-8-6-5-7-9-14/h5-9,11-12,17H,10H2,1-4H3. The topological polar surface area (TPSA) is 34.1 Å². The lowest BCUT2D eigenvalue weighted by molar-refractivity contribution is 0.353. The SMILES string of the molecule is COc1cc2c(cc1OC)N=C(C)N(C)C(c1ccccc1)C2. The number of methoxy groups -OCH3 is 2. The fourth-order valence-electron chi connectivity index (χ4n) is 3.02. The van der Waals surface area contributed by atoms with Crippen molar-refractivity contribution in [3.05, 3.63) is 53.6 Å². The fraction of sp³-hybridized carbons (Fsp3) is 0.316. The second-order valence-corrected chi connectivity index (χ2v) is 5.74. The number of nitrogens with zero attached hydrogens (tertiary/aromatic N) is 2. The van der Waals surface area contributed by atoms with Crippen LogP contribution >= 0.6 is 0 Å². The molecule has 120 valence electrons. The number of rotatable bonds is 3. The number of likely N-dealkylation sites (N-methyl/N-ethyl adjacent to an activating group) is 1. The van der Waals surface area contributed by atoms with E-state index in [2.05, 4.69) is 36.2 Å². The van der Waals surface area contributed by atoms with Gasteiger partial charge in [0.05, 0.1) is 25.9 Å². The lowest BCUT2D eigenvalue weighted by Crippen LogP contribution is -2.29. The van der Waals surface area contributed by atoms with Crippen LogP contribution in [-0.4, -0.2) is 32.0 Å². The Labute approximate surface area is 137 Å². The second-order valence-electron chi connectivity index (χ2n) is 5.74. The van der Waals surface area contributed by atoms with Crippen LogP contribution in [0.25, 0.3) is 0 Å². The van der Waals surface area contributed by atoms with Crippen LogP contribution in [0.3, 0.4) is 0 Å². The molecule has 1 aliphatic rings. The Morgan fingerprint density at radius 3 is 2.35 bits per heavy atom. The fourth-order valence-corrected chi connectivity index (χ4v) is 3.02. The molecule has 4 heteroatoms. The Bertz CT molecular complexity index is 726. The van der Waals surface area contributed by atoms with E-state index in [1.807, 2.05) is 25.1 Å².